The first-order chi connectivity index (χ1) is 9.42. The molecule has 2 aromatic carbocycles. The molecular weight excluding hydrogens is 230 g/mol. The number of rotatable bonds is 1. The summed E-state index contributed by atoms with van der Waals surface area (Å²) in [5.41, 5.74) is 4.96. The van der Waals surface area contributed by atoms with Gasteiger partial charge in [0.1, 0.15) is 0 Å². The standard InChI is InChI=1S/C18H13N/c1-2-6-13(7-3-1)14-10-11-16-15-8-4-5-9-17(15)19-18(16)12-14/h1-7,9-12H,8H2. The fourth-order valence-electron chi connectivity index (χ4n) is 2.72. The monoisotopic (exact) mass is 243 g/mol. The van der Waals surface area contributed by atoms with Crippen LogP contribution >= 0.6 is 0 Å². The Morgan fingerprint density at radius 1 is 0.895 bits per heavy atom. The Morgan fingerprint density at radius 3 is 2.68 bits per heavy atom. The van der Waals surface area contributed by atoms with E-state index in [2.05, 4.69) is 60.7 Å². The first kappa shape index (κ1) is 10.5. The van der Waals surface area contributed by atoms with Crippen molar-refractivity contribution in [2.75, 3.05) is 0 Å². The molecule has 1 nitrogen and oxygen atoms in total. The third kappa shape index (κ3) is 1.66. The molecule has 0 fully saturated rings. The summed E-state index contributed by atoms with van der Waals surface area (Å²) in [5.74, 6) is 0. The largest absolute Gasteiger partial charge is 0.248 e. The maximum Gasteiger partial charge on any atom is 0.0719 e. The average molecular weight is 243 g/mol. The summed E-state index contributed by atoms with van der Waals surface area (Å²) in [7, 11) is 0. The van der Waals surface area contributed by atoms with Gasteiger partial charge < -0.3 is 0 Å². The van der Waals surface area contributed by atoms with E-state index in [1.807, 2.05) is 6.07 Å². The van der Waals surface area contributed by atoms with E-state index < -0.39 is 0 Å². The maximum absolute atomic E-state index is 4.73. The summed E-state index contributed by atoms with van der Waals surface area (Å²) in [6, 6.07) is 17.0. The molecule has 0 amide bonds. The van der Waals surface area contributed by atoms with E-state index in [1.165, 1.54) is 21.9 Å². The van der Waals surface area contributed by atoms with Crippen molar-refractivity contribution in [2.45, 2.75) is 6.42 Å². The first-order valence-corrected chi connectivity index (χ1v) is 6.56. The minimum absolute atomic E-state index is 0.993. The molecule has 19 heavy (non-hydrogen) atoms. The zero-order chi connectivity index (χ0) is 12.7. The second-order valence-corrected chi connectivity index (χ2v) is 4.87. The smallest absolute Gasteiger partial charge is 0.0719 e. The Labute approximate surface area is 111 Å². The molecule has 0 bridgehead atoms. The fourth-order valence-corrected chi connectivity index (χ4v) is 2.72. The topological polar surface area (TPSA) is 12.4 Å². The van der Waals surface area contributed by atoms with Gasteiger partial charge in [-0.2, -0.15) is 0 Å². The Bertz CT molecular complexity index is 824. The molecule has 0 spiro atoms. The van der Waals surface area contributed by atoms with Gasteiger partial charge in [-0.05, 0) is 35.3 Å². The SMILES string of the molecule is C1=CCC2=c3ccc(-c4ccccc4)cc3=NC2=C1. The Morgan fingerprint density at radius 2 is 1.79 bits per heavy atom. The van der Waals surface area contributed by atoms with Crippen molar-refractivity contribution in [1.82, 2.24) is 0 Å². The Balaban J connectivity index is 1.94. The van der Waals surface area contributed by atoms with Gasteiger partial charge in [-0.3, -0.25) is 0 Å². The van der Waals surface area contributed by atoms with Crippen LogP contribution in [-0.2, 0) is 0 Å². The van der Waals surface area contributed by atoms with Gasteiger partial charge in [-0.25, -0.2) is 4.99 Å². The highest BCUT2D eigenvalue weighted by Gasteiger charge is 2.13. The highest BCUT2D eigenvalue weighted by atomic mass is 14.8. The van der Waals surface area contributed by atoms with Crippen LogP contribution < -0.4 is 10.6 Å². The molecule has 0 saturated heterocycles. The van der Waals surface area contributed by atoms with Crippen LogP contribution in [0.15, 0.2) is 77.4 Å². The van der Waals surface area contributed by atoms with Crippen LogP contribution in [0.2, 0.25) is 0 Å². The molecule has 0 radical (unpaired) electrons. The molecule has 2 aromatic rings. The summed E-state index contributed by atoms with van der Waals surface area (Å²) >= 11 is 0. The van der Waals surface area contributed by atoms with Crippen LogP contribution in [0.25, 0.3) is 16.7 Å². The van der Waals surface area contributed by atoms with Gasteiger partial charge in [0.25, 0.3) is 0 Å². The molecule has 0 aromatic heterocycles. The number of fused-ring (bicyclic) bond motifs is 2. The van der Waals surface area contributed by atoms with E-state index in [1.54, 1.807) is 0 Å². The second kappa shape index (κ2) is 4.06. The third-order valence-electron chi connectivity index (χ3n) is 3.69. The zero-order valence-electron chi connectivity index (χ0n) is 10.5. The van der Waals surface area contributed by atoms with Crippen LogP contribution in [0.1, 0.15) is 6.42 Å². The summed E-state index contributed by atoms with van der Waals surface area (Å²) in [6.07, 6.45) is 7.37. The van der Waals surface area contributed by atoms with Crippen molar-refractivity contribution < 1.29 is 0 Å². The first-order valence-electron chi connectivity index (χ1n) is 6.56. The van der Waals surface area contributed by atoms with Gasteiger partial charge in [-0.1, -0.05) is 54.6 Å². The maximum atomic E-state index is 4.73. The van der Waals surface area contributed by atoms with Crippen molar-refractivity contribution >= 4 is 5.57 Å². The predicted octanol–water partition coefficient (Wildman–Crippen LogP) is 2.98. The van der Waals surface area contributed by atoms with Crippen LogP contribution in [0, 0.1) is 0 Å². The molecule has 1 heteroatoms. The van der Waals surface area contributed by atoms with Crippen molar-refractivity contribution in [3.8, 4) is 11.1 Å². The van der Waals surface area contributed by atoms with Crippen molar-refractivity contribution in [1.29, 1.82) is 0 Å². The molecule has 0 N–H and O–H groups in total. The molecule has 0 saturated carbocycles. The van der Waals surface area contributed by atoms with E-state index >= 15 is 0 Å². The van der Waals surface area contributed by atoms with Gasteiger partial charge >= 0.3 is 0 Å². The molecule has 4 rings (SSSR count). The van der Waals surface area contributed by atoms with Crippen molar-refractivity contribution in [2.24, 2.45) is 4.99 Å². The van der Waals surface area contributed by atoms with Gasteiger partial charge in [-0.15, -0.1) is 0 Å². The molecular formula is C18H13N. The van der Waals surface area contributed by atoms with Crippen LogP contribution in [0.5, 0.6) is 0 Å². The van der Waals surface area contributed by atoms with Crippen molar-refractivity contribution in [3.63, 3.8) is 0 Å². The quantitative estimate of drug-likeness (QED) is 0.730. The van der Waals surface area contributed by atoms with Gasteiger partial charge in [0.15, 0.2) is 0 Å². The molecule has 2 aliphatic rings. The highest BCUT2D eigenvalue weighted by Crippen LogP contribution is 2.23. The number of hydrogen-bond donors (Lipinski definition) is 0. The Kier molecular flexibility index (Phi) is 2.25. The number of nitrogens with zero attached hydrogens (tertiary/aromatic N) is 1. The lowest BCUT2D eigenvalue weighted by molar-refractivity contribution is 1.27. The molecule has 0 unspecified atom stereocenters. The lowest BCUT2D eigenvalue weighted by Gasteiger charge is -2.03. The van der Waals surface area contributed by atoms with E-state index in [9.17, 15) is 0 Å². The summed E-state index contributed by atoms with van der Waals surface area (Å²) < 4.78 is 0. The fraction of sp³-hybridized carbons (Fsp3) is 0.0556. The summed E-state index contributed by atoms with van der Waals surface area (Å²) in [4.78, 5) is 4.73. The lowest BCUT2D eigenvalue weighted by atomic mass is 10.0. The van der Waals surface area contributed by atoms with E-state index in [4.69, 9.17) is 4.99 Å². The summed E-state index contributed by atoms with van der Waals surface area (Å²) in [6.45, 7) is 0. The minimum Gasteiger partial charge on any atom is -0.248 e. The van der Waals surface area contributed by atoms with E-state index in [-0.39, 0.29) is 0 Å². The van der Waals surface area contributed by atoms with Gasteiger partial charge in [0, 0.05) is 5.22 Å². The van der Waals surface area contributed by atoms with Crippen LogP contribution in [-0.4, -0.2) is 0 Å². The van der Waals surface area contributed by atoms with Gasteiger partial charge in [0.2, 0.25) is 0 Å². The summed E-state index contributed by atoms with van der Waals surface area (Å²) in [5, 5.41) is 2.39. The Hall–Kier alpha value is -2.41. The van der Waals surface area contributed by atoms with E-state index in [0.717, 1.165) is 17.5 Å². The molecule has 1 aliphatic heterocycles. The number of benzene rings is 2. The zero-order valence-corrected chi connectivity index (χ0v) is 10.5. The normalized spacial score (nSPS) is 15.6. The van der Waals surface area contributed by atoms with Crippen molar-refractivity contribution in [3.05, 3.63) is 83.0 Å². The average Bonchev–Trinajstić information content (AvgIpc) is 2.86. The second-order valence-electron chi connectivity index (χ2n) is 4.87. The number of allylic oxidation sites excluding steroid dienone is 4. The molecule has 0 atom stereocenters. The highest BCUT2D eigenvalue weighted by molar-refractivity contribution is 5.71. The molecule has 90 valence electrons. The van der Waals surface area contributed by atoms with Crippen LogP contribution in [0.3, 0.4) is 0 Å². The van der Waals surface area contributed by atoms with E-state index in [0.29, 0.717) is 0 Å². The minimum atomic E-state index is 0.993. The molecule has 1 aliphatic carbocycles. The third-order valence-corrected chi connectivity index (χ3v) is 3.69. The lowest BCUT2D eigenvalue weighted by Crippen LogP contribution is -2.22. The van der Waals surface area contributed by atoms with Gasteiger partial charge in [0.05, 0.1) is 11.1 Å². The number of hydrogen-bond acceptors (Lipinski definition) is 1. The molecule has 1 heterocycles. The predicted molar refractivity (Wildman–Crippen MR) is 77.9 cm³/mol. The van der Waals surface area contributed by atoms with Crippen LogP contribution in [0.4, 0.5) is 0 Å².